The highest BCUT2D eigenvalue weighted by molar-refractivity contribution is 5.78. The second-order valence-electron chi connectivity index (χ2n) is 5.34. The minimum Gasteiger partial charge on any atom is -0.484 e. The van der Waals surface area contributed by atoms with Crippen molar-refractivity contribution in [2.75, 3.05) is 33.3 Å². The number of ether oxygens (including phenoxy) is 1. The number of hydrogen-bond donors (Lipinski definition) is 1. The molecule has 110 valence electrons. The highest BCUT2D eigenvalue weighted by Crippen LogP contribution is 2.13. The van der Waals surface area contributed by atoms with Crippen LogP contribution in [0.2, 0.25) is 0 Å². The highest BCUT2D eigenvalue weighted by Gasteiger charge is 2.25. The SMILES string of the molecule is CC1CN(C)CCN1C(=O)COc1ccc(CN)cc1. The molecular weight excluding hydrogens is 254 g/mol. The lowest BCUT2D eigenvalue weighted by Gasteiger charge is -2.38. The first-order valence-corrected chi connectivity index (χ1v) is 7.00. The van der Waals surface area contributed by atoms with Gasteiger partial charge in [-0.1, -0.05) is 12.1 Å². The molecular formula is C15H23N3O2. The molecule has 1 heterocycles. The van der Waals surface area contributed by atoms with Gasteiger partial charge in [0.1, 0.15) is 5.75 Å². The van der Waals surface area contributed by atoms with Crippen molar-refractivity contribution in [3.8, 4) is 5.75 Å². The molecule has 1 aromatic carbocycles. The number of likely N-dealkylation sites (N-methyl/N-ethyl adjacent to an activating group) is 1. The largest absolute Gasteiger partial charge is 0.484 e. The molecule has 1 saturated heterocycles. The predicted octanol–water partition coefficient (Wildman–Crippen LogP) is 0.687. The first-order chi connectivity index (χ1) is 9.60. The smallest absolute Gasteiger partial charge is 0.260 e. The number of rotatable bonds is 4. The Kier molecular flexibility index (Phi) is 4.98. The Morgan fingerprint density at radius 1 is 1.35 bits per heavy atom. The maximum absolute atomic E-state index is 12.2. The van der Waals surface area contributed by atoms with E-state index in [0.717, 1.165) is 25.2 Å². The molecule has 5 nitrogen and oxygen atoms in total. The third-order valence-corrected chi connectivity index (χ3v) is 3.67. The minimum absolute atomic E-state index is 0.0495. The van der Waals surface area contributed by atoms with Crippen LogP contribution in [0, 0.1) is 0 Å². The second kappa shape index (κ2) is 6.72. The first-order valence-electron chi connectivity index (χ1n) is 7.00. The molecule has 0 aliphatic carbocycles. The van der Waals surface area contributed by atoms with Crippen molar-refractivity contribution in [2.24, 2.45) is 5.73 Å². The fraction of sp³-hybridized carbons (Fsp3) is 0.533. The molecule has 0 aromatic heterocycles. The third kappa shape index (κ3) is 3.71. The fourth-order valence-corrected chi connectivity index (χ4v) is 2.46. The number of piperazine rings is 1. The standard InChI is InChI=1S/C15H23N3O2/c1-12-10-17(2)7-8-18(12)15(19)11-20-14-5-3-13(9-16)4-6-14/h3-6,12H,7-11,16H2,1-2H3. The maximum atomic E-state index is 12.2. The molecule has 1 aliphatic heterocycles. The van der Waals surface area contributed by atoms with E-state index in [0.29, 0.717) is 12.3 Å². The van der Waals surface area contributed by atoms with E-state index in [4.69, 9.17) is 10.5 Å². The van der Waals surface area contributed by atoms with Gasteiger partial charge in [-0.05, 0) is 31.7 Å². The normalized spacial score (nSPS) is 19.9. The number of amides is 1. The van der Waals surface area contributed by atoms with Crippen LogP contribution in [0.5, 0.6) is 5.75 Å². The molecule has 0 bridgehead atoms. The Morgan fingerprint density at radius 3 is 2.65 bits per heavy atom. The van der Waals surface area contributed by atoms with E-state index < -0.39 is 0 Å². The summed E-state index contributed by atoms with van der Waals surface area (Å²) in [7, 11) is 2.08. The number of nitrogens with zero attached hydrogens (tertiary/aromatic N) is 2. The van der Waals surface area contributed by atoms with Gasteiger partial charge in [-0.15, -0.1) is 0 Å². The molecule has 0 saturated carbocycles. The minimum atomic E-state index is 0.0495. The van der Waals surface area contributed by atoms with Crippen molar-refractivity contribution in [3.63, 3.8) is 0 Å². The van der Waals surface area contributed by atoms with Gasteiger partial charge >= 0.3 is 0 Å². The van der Waals surface area contributed by atoms with Crippen molar-refractivity contribution >= 4 is 5.91 Å². The lowest BCUT2D eigenvalue weighted by atomic mass is 10.2. The number of carbonyl (C=O) groups excluding carboxylic acids is 1. The topological polar surface area (TPSA) is 58.8 Å². The molecule has 20 heavy (non-hydrogen) atoms. The van der Waals surface area contributed by atoms with Crippen LogP contribution in [0.1, 0.15) is 12.5 Å². The van der Waals surface area contributed by atoms with Gasteiger partial charge in [-0.2, -0.15) is 0 Å². The van der Waals surface area contributed by atoms with Crippen LogP contribution in [0.25, 0.3) is 0 Å². The molecule has 1 aromatic rings. The summed E-state index contributed by atoms with van der Waals surface area (Å²) in [5, 5.41) is 0. The van der Waals surface area contributed by atoms with E-state index in [1.165, 1.54) is 0 Å². The summed E-state index contributed by atoms with van der Waals surface area (Å²) in [6.07, 6.45) is 0. The van der Waals surface area contributed by atoms with E-state index in [1.807, 2.05) is 29.2 Å². The quantitative estimate of drug-likeness (QED) is 0.879. The highest BCUT2D eigenvalue weighted by atomic mass is 16.5. The third-order valence-electron chi connectivity index (χ3n) is 3.67. The lowest BCUT2D eigenvalue weighted by Crippen LogP contribution is -2.53. The molecule has 1 aliphatic rings. The van der Waals surface area contributed by atoms with Crippen LogP contribution in [-0.4, -0.2) is 55.0 Å². The van der Waals surface area contributed by atoms with Gasteiger partial charge in [0.2, 0.25) is 0 Å². The summed E-state index contributed by atoms with van der Waals surface area (Å²) in [4.78, 5) is 16.3. The number of carbonyl (C=O) groups is 1. The van der Waals surface area contributed by atoms with Crippen LogP contribution < -0.4 is 10.5 Å². The summed E-state index contributed by atoms with van der Waals surface area (Å²) in [6.45, 7) is 5.28. The zero-order valence-corrected chi connectivity index (χ0v) is 12.2. The number of nitrogens with two attached hydrogens (primary N) is 1. The number of hydrogen-bond acceptors (Lipinski definition) is 4. The van der Waals surface area contributed by atoms with Crippen LogP contribution in [0.4, 0.5) is 0 Å². The average molecular weight is 277 g/mol. The van der Waals surface area contributed by atoms with E-state index in [1.54, 1.807) is 0 Å². The van der Waals surface area contributed by atoms with Gasteiger partial charge < -0.3 is 20.3 Å². The molecule has 0 spiro atoms. The van der Waals surface area contributed by atoms with Gasteiger partial charge in [0, 0.05) is 32.2 Å². The van der Waals surface area contributed by atoms with Gasteiger partial charge in [-0.3, -0.25) is 4.79 Å². The monoisotopic (exact) mass is 277 g/mol. The van der Waals surface area contributed by atoms with Gasteiger partial charge in [0.05, 0.1) is 0 Å². The van der Waals surface area contributed by atoms with Crippen molar-refractivity contribution in [3.05, 3.63) is 29.8 Å². The Morgan fingerprint density at radius 2 is 2.05 bits per heavy atom. The molecule has 2 rings (SSSR count). The zero-order valence-electron chi connectivity index (χ0n) is 12.2. The van der Waals surface area contributed by atoms with Crippen LogP contribution in [0.3, 0.4) is 0 Å². The molecule has 5 heteroatoms. The average Bonchev–Trinajstić information content (AvgIpc) is 2.45. The molecule has 0 radical (unpaired) electrons. The zero-order chi connectivity index (χ0) is 14.5. The summed E-state index contributed by atoms with van der Waals surface area (Å²) >= 11 is 0. The van der Waals surface area contributed by atoms with Crippen LogP contribution in [0.15, 0.2) is 24.3 Å². The Bertz CT molecular complexity index is 447. The van der Waals surface area contributed by atoms with Gasteiger partial charge in [0.25, 0.3) is 5.91 Å². The summed E-state index contributed by atoms with van der Waals surface area (Å²) in [5.41, 5.74) is 6.59. The van der Waals surface area contributed by atoms with Gasteiger partial charge in [-0.25, -0.2) is 0 Å². The Labute approximate surface area is 120 Å². The summed E-state index contributed by atoms with van der Waals surface area (Å²) in [6, 6.07) is 7.77. The van der Waals surface area contributed by atoms with Gasteiger partial charge in [0.15, 0.2) is 6.61 Å². The molecule has 1 atom stereocenters. The fourth-order valence-electron chi connectivity index (χ4n) is 2.46. The lowest BCUT2D eigenvalue weighted by molar-refractivity contribution is -0.137. The molecule has 2 N–H and O–H groups in total. The van der Waals surface area contributed by atoms with E-state index in [2.05, 4.69) is 18.9 Å². The van der Waals surface area contributed by atoms with E-state index in [-0.39, 0.29) is 18.6 Å². The molecule has 1 amide bonds. The first kappa shape index (κ1) is 14.8. The van der Waals surface area contributed by atoms with Crippen molar-refractivity contribution in [1.29, 1.82) is 0 Å². The van der Waals surface area contributed by atoms with E-state index in [9.17, 15) is 4.79 Å². The van der Waals surface area contributed by atoms with E-state index >= 15 is 0 Å². The van der Waals surface area contributed by atoms with Crippen molar-refractivity contribution < 1.29 is 9.53 Å². The second-order valence-corrected chi connectivity index (χ2v) is 5.34. The van der Waals surface area contributed by atoms with Crippen LogP contribution >= 0.6 is 0 Å². The van der Waals surface area contributed by atoms with Crippen molar-refractivity contribution in [1.82, 2.24) is 9.80 Å². The predicted molar refractivity (Wildman–Crippen MR) is 78.5 cm³/mol. The van der Waals surface area contributed by atoms with Crippen LogP contribution in [-0.2, 0) is 11.3 Å². The molecule has 1 unspecified atom stereocenters. The number of benzene rings is 1. The molecule has 1 fully saturated rings. The maximum Gasteiger partial charge on any atom is 0.260 e. The summed E-state index contributed by atoms with van der Waals surface area (Å²) in [5.74, 6) is 0.755. The Balaban J connectivity index is 1.85. The Hall–Kier alpha value is -1.59. The van der Waals surface area contributed by atoms with Crippen molar-refractivity contribution in [2.45, 2.75) is 19.5 Å². The summed E-state index contributed by atoms with van der Waals surface area (Å²) < 4.78 is 5.55.